The van der Waals surface area contributed by atoms with Gasteiger partial charge in [-0.1, -0.05) is 6.07 Å². The van der Waals surface area contributed by atoms with Crippen molar-refractivity contribution in [2.24, 2.45) is 0 Å². The normalized spacial score (nSPS) is 10.0. The van der Waals surface area contributed by atoms with E-state index in [1.54, 1.807) is 25.3 Å². The SMILES string of the molecule is COc1cccc(NC(=O)NCCCOCCO)c1. The fourth-order valence-corrected chi connectivity index (χ4v) is 1.42. The van der Waals surface area contributed by atoms with Crippen LogP contribution in [0, 0.1) is 0 Å². The molecule has 0 aliphatic carbocycles. The third-order valence-electron chi connectivity index (χ3n) is 2.31. The zero-order valence-electron chi connectivity index (χ0n) is 11.0. The number of benzene rings is 1. The summed E-state index contributed by atoms with van der Waals surface area (Å²) in [7, 11) is 1.57. The predicted molar refractivity (Wildman–Crippen MR) is 72.5 cm³/mol. The average molecular weight is 268 g/mol. The lowest BCUT2D eigenvalue weighted by atomic mass is 10.3. The first kappa shape index (κ1) is 15.3. The van der Waals surface area contributed by atoms with E-state index >= 15 is 0 Å². The molecule has 0 spiro atoms. The van der Waals surface area contributed by atoms with Gasteiger partial charge in [-0.3, -0.25) is 0 Å². The minimum atomic E-state index is -0.268. The Morgan fingerprint density at radius 1 is 1.37 bits per heavy atom. The highest BCUT2D eigenvalue weighted by Crippen LogP contribution is 2.16. The lowest BCUT2D eigenvalue weighted by molar-refractivity contribution is 0.0910. The topological polar surface area (TPSA) is 79.8 Å². The lowest BCUT2D eigenvalue weighted by Crippen LogP contribution is -2.30. The fourth-order valence-electron chi connectivity index (χ4n) is 1.42. The molecule has 0 atom stereocenters. The minimum absolute atomic E-state index is 0.0176. The van der Waals surface area contributed by atoms with Crippen molar-refractivity contribution in [1.82, 2.24) is 5.32 Å². The van der Waals surface area contributed by atoms with Crippen molar-refractivity contribution in [1.29, 1.82) is 0 Å². The molecule has 3 N–H and O–H groups in total. The number of anilines is 1. The number of amides is 2. The zero-order valence-corrected chi connectivity index (χ0v) is 11.0. The van der Waals surface area contributed by atoms with Crippen LogP contribution < -0.4 is 15.4 Å². The number of methoxy groups -OCH3 is 1. The van der Waals surface area contributed by atoms with Gasteiger partial charge in [0, 0.05) is 24.9 Å². The van der Waals surface area contributed by atoms with Crippen LogP contribution in [0.25, 0.3) is 0 Å². The summed E-state index contributed by atoms with van der Waals surface area (Å²) in [6.45, 7) is 1.38. The van der Waals surface area contributed by atoms with Crippen LogP contribution in [0.5, 0.6) is 5.75 Å². The molecule has 0 saturated carbocycles. The number of rotatable bonds is 8. The lowest BCUT2D eigenvalue weighted by Gasteiger charge is -2.08. The molecule has 0 aliphatic heterocycles. The van der Waals surface area contributed by atoms with Crippen molar-refractivity contribution >= 4 is 11.7 Å². The van der Waals surface area contributed by atoms with Crippen LogP contribution in [0.3, 0.4) is 0 Å². The molecule has 6 nitrogen and oxygen atoms in total. The van der Waals surface area contributed by atoms with Crippen molar-refractivity contribution < 1.29 is 19.4 Å². The van der Waals surface area contributed by atoms with E-state index in [1.165, 1.54) is 0 Å². The molecular weight excluding hydrogens is 248 g/mol. The van der Waals surface area contributed by atoms with Crippen molar-refractivity contribution in [3.05, 3.63) is 24.3 Å². The van der Waals surface area contributed by atoms with Gasteiger partial charge in [0.15, 0.2) is 0 Å². The second-order valence-corrected chi connectivity index (χ2v) is 3.80. The van der Waals surface area contributed by atoms with Crippen LogP contribution in [0.4, 0.5) is 10.5 Å². The van der Waals surface area contributed by atoms with Crippen LogP contribution in [0.15, 0.2) is 24.3 Å². The molecule has 0 bridgehead atoms. The number of aliphatic hydroxyl groups excluding tert-OH is 1. The van der Waals surface area contributed by atoms with E-state index in [0.717, 1.165) is 0 Å². The number of carbonyl (C=O) groups is 1. The van der Waals surface area contributed by atoms with Gasteiger partial charge < -0.3 is 25.2 Å². The molecule has 0 aliphatic rings. The Bertz CT molecular complexity index is 385. The summed E-state index contributed by atoms with van der Waals surface area (Å²) >= 11 is 0. The van der Waals surface area contributed by atoms with Crippen LogP contribution in [-0.4, -0.2) is 44.6 Å². The first-order chi connectivity index (χ1) is 9.26. The van der Waals surface area contributed by atoms with E-state index in [0.29, 0.717) is 37.6 Å². The third kappa shape index (κ3) is 6.64. The highest BCUT2D eigenvalue weighted by Gasteiger charge is 2.01. The van der Waals surface area contributed by atoms with Gasteiger partial charge in [-0.15, -0.1) is 0 Å². The van der Waals surface area contributed by atoms with Crippen molar-refractivity contribution in [3.8, 4) is 5.75 Å². The molecule has 1 aromatic rings. The number of urea groups is 1. The van der Waals surface area contributed by atoms with E-state index in [4.69, 9.17) is 14.6 Å². The molecule has 1 rings (SSSR count). The average Bonchev–Trinajstić information content (AvgIpc) is 2.43. The van der Waals surface area contributed by atoms with Crippen LogP contribution >= 0.6 is 0 Å². The third-order valence-corrected chi connectivity index (χ3v) is 2.31. The Kier molecular flexibility index (Phi) is 7.38. The van der Waals surface area contributed by atoms with Gasteiger partial charge in [0.25, 0.3) is 0 Å². The summed E-state index contributed by atoms with van der Waals surface area (Å²) in [4.78, 5) is 11.6. The van der Waals surface area contributed by atoms with E-state index in [2.05, 4.69) is 10.6 Å². The maximum atomic E-state index is 11.6. The van der Waals surface area contributed by atoms with Crippen LogP contribution in [0.2, 0.25) is 0 Å². The number of aliphatic hydroxyl groups is 1. The first-order valence-electron chi connectivity index (χ1n) is 6.13. The molecule has 0 fully saturated rings. The van der Waals surface area contributed by atoms with Gasteiger partial charge in [0.2, 0.25) is 0 Å². The molecule has 0 radical (unpaired) electrons. The molecule has 2 amide bonds. The summed E-state index contributed by atoms with van der Waals surface area (Å²) < 4.78 is 10.1. The molecule has 1 aromatic carbocycles. The van der Waals surface area contributed by atoms with Crippen molar-refractivity contribution in [2.75, 3.05) is 38.8 Å². The number of nitrogens with one attached hydrogen (secondary N) is 2. The highest BCUT2D eigenvalue weighted by molar-refractivity contribution is 5.89. The molecule has 0 aromatic heterocycles. The Morgan fingerprint density at radius 3 is 2.95 bits per heavy atom. The largest absolute Gasteiger partial charge is 0.497 e. The van der Waals surface area contributed by atoms with Gasteiger partial charge in [0.05, 0.1) is 20.3 Å². The fraction of sp³-hybridized carbons (Fsp3) is 0.462. The Balaban J connectivity index is 2.19. The summed E-state index contributed by atoms with van der Waals surface area (Å²) in [5, 5.41) is 13.9. The number of hydrogen-bond acceptors (Lipinski definition) is 4. The van der Waals surface area contributed by atoms with Gasteiger partial charge >= 0.3 is 6.03 Å². The van der Waals surface area contributed by atoms with Crippen LogP contribution in [-0.2, 0) is 4.74 Å². The smallest absolute Gasteiger partial charge is 0.319 e. The monoisotopic (exact) mass is 268 g/mol. The minimum Gasteiger partial charge on any atom is -0.497 e. The van der Waals surface area contributed by atoms with E-state index in [-0.39, 0.29) is 12.6 Å². The second-order valence-electron chi connectivity index (χ2n) is 3.80. The van der Waals surface area contributed by atoms with Gasteiger partial charge in [-0.05, 0) is 18.6 Å². The van der Waals surface area contributed by atoms with E-state index in [1.807, 2.05) is 6.07 Å². The zero-order chi connectivity index (χ0) is 13.9. The standard InChI is InChI=1S/C13H20N2O4/c1-18-12-5-2-4-11(10-12)15-13(17)14-6-3-8-19-9-7-16/h2,4-5,10,16H,3,6-9H2,1H3,(H2,14,15,17). The Hall–Kier alpha value is -1.79. The van der Waals surface area contributed by atoms with Gasteiger partial charge in [-0.25, -0.2) is 4.79 Å². The molecular formula is C13H20N2O4. The quantitative estimate of drug-likeness (QED) is 0.619. The Morgan fingerprint density at radius 2 is 2.21 bits per heavy atom. The Labute approximate surface area is 112 Å². The molecule has 106 valence electrons. The predicted octanol–water partition coefficient (Wildman–Crippen LogP) is 1.22. The highest BCUT2D eigenvalue weighted by atomic mass is 16.5. The maximum Gasteiger partial charge on any atom is 0.319 e. The summed E-state index contributed by atoms with van der Waals surface area (Å²) in [5.41, 5.74) is 0.674. The van der Waals surface area contributed by atoms with Crippen LogP contribution in [0.1, 0.15) is 6.42 Å². The second kappa shape index (κ2) is 9.18. The summed E-state index contributed by atoms with van der Waals surface area (Å²) in [5.74, 6) is 0.690. The number of hydrogen-bond donors (Lipinski definition) is 3. The summed E-state index contributed by atoms with van der Waals surface area (Å²) in [6, 6.07) is 6.87. The number of carbonyl (C=O) groups excluding carboxylic acids is 1. The van der Waals surface area contributed by atoms with Crippen molar-refractivity contribution in [2.45, 2.75) is 6.42 Å². The molecule has 0 unspecified atom stereocenters. The number of ether oxygens (including phenoxy) is 2. The van der Waals surface area contributed by atoms with Gasteiger partial charge in [0.1, 0.15) is 5.75 Å². The summed E-state index contributed by atoms with van der Waals surface area (Å²) in [6.07, 6.45) is 0.700. The van der Waals surface area contributed by atoms with Gasteiger partial charge in [-0.2, -0.15) is 0 Å². The van der Waals surface area contributed by atoms with Crippen molar-refractivity contribution in [3.63, 3.8) is 0 Å². The van der Waals surface area contributed by atoms with E-state index < -0.39 is 0 Å². The van der Waals surface area contributed by atoms with E-state index in [9.17, 15) is 4.79 Å². The molecule has 0 heterocycles. The first-order valence-corrected chi connectivity index (χ1v) is 6.13. The molecule has 19 heavy (non-hydrogen) atoms. The maximum absolute atomic E-state index is 11.6. The molecule has 0 saturated heterocycles. The molecule has 6 heteroatoms.